The first kappa shape index (κ1) is 14.3. The number of hydrogen-bond acceptors (Lipinski definition) is 3. The highest BCUT2D eigenvalue weighted by Gasteiger charge is 2.12. The van der Waals surface area contributed by atoms with Gasteiger partial charge in [-0.15, -0.1) is 0 Å². The summed E-state index contributed by atoms with van der Waals surface area (Å²) in [5.74, 6) is 0.867. The molecule has 0 spiro atoms. The van der Waals surface area contributed by atoms with Crippen LogP contribution in [0.15, 0.2) is 53.1 Å². The lowest BCUT2D eigenvalue weighted by atomic mass is 10.1. The number of likely N-dealkylation sites (N-methyl/N-ethyl adjacent to an activating group) is 1. The third-order valence-electron chi connectivity index (χ3n) is 3.10. The summed E-state index contributed by atoms with van der Waals surface area (Å²) in [6, 6.07) is 13.7. The van der Waals surface area contributed by atoms with E-state index in [1.165, 1.54) is 0 Å². The largest absolute Gasteiger partial charge is 0.468 e. The number of nitrogens with one attached hydrogen (secondary N) is 1. The first-order valence-electron chi connectivity index (χ1n) is 6.70. The van der Waals surface area contributed by atoms with E-state index in [0.717, 1.165) is 11.3 Å². The summed E-state index contributed by atoms with van der Waals surface area (Å²) in [6.45, 7) is 2.96. The van der Waals surface area contributed by atoms with Gasteiger partial charge in [-0.25, -0.2) is 0 Å². The fourth-order valence-corrected chi connectivity index (χ4v) is 2.08. The van der Waals surface area contributed by atoms with E-state index in [2.05, 4.69) is 5.32 Å². The fourth-order valence-electron chi connectivity index (χ4n) is 2.08. The maximum absolute atomic E-state index is 12.0. The van der Waals surface area contributed by atoms with Crippen molar-refractivity contribution in [2.75, 3.05) is 13.6 Å². The third kappa shape index (κ3) is 4.24. The molecule has 20 heavy (non-hydrogen) atoms. The van der Waals surface area contributed by atoms with Crippen LogP contribution >= 0.6 is 0 Å². The summed E-state index contributed by atoms with van der Waals surface area (Å²) in [4.78, 5) is 13.9. The van der Waals surface area contributed by atoms with Crippen LogP contribution in [0, 0.1) is 0 Å². The lowest BCUT2D eigenvalue weighted by Crippen LogP contribution is -2.36. The zero-order chi connectivity index (χ0) is 14.4. The molecule has 0 bridgehead atoms. The van der Waals surface area contributed by atoms with Gasteiger partial charge in [0.15, 0.2) is 0 Å². The van der Waals surface area contributed by atoms with Crippen molar-refractivity contribution in [3.8, 4) is 0 Å². The van der Waals surface area contributed by atoms with Gasteiger partial charge in [0.25, 0.3) is 0 Å². The van der Waals surface area contributed by atoms with Gasteiger partial charge in [-0.05, 0) is 31.7 Å². The van der Waals surface area contributed by atoms with Crippen LogP contribution in [0.3, 0.4) is 0 Å². The van der Waals surface area contributed by atoms with Crippen LogP contribution in [0.4, 0.5) is 0 Å². The molecule has 1 unspecified atom stereocenters. The van der Waals surface area contributed by atoms with Crippen molar-refractivity contribution >= 4 is 5.91 Å². The van der Waals surface area contributed by atoms with E-state index in [1.807, 2.05) is 61.3 Å². The normalized spacial score (nSPS) is 12.3. The molecule has 0 fully saturated rings. The summed E-state index contributed by atoms with van der Waals surface area (Å²) < 4.78 is 5.26. The van der Waals surface area contributed by atoms with Gasteiger partial charge in [0.05, 0.1) is 25.4 Å². The Balaban J connectivity index is 1.80. The number of furan rings is 1. The van der Waals surface area contributed by atoms with Crippen molar-refractivity contribution in [2.45, 2.75) is 19.5 Å². The number of carbonyl (C=O) groups is 1. The molecule has 0 aliphatic heterocycles. The van der Waals surface area contributed by atoms with E-state index in [0.29, 0.717) is 13.1 Å². The molecule has 0 saturated carbocycles. The van der Waals surface area contributed by atoms with E-state index in [1.54, 1.807) is 6.26 Å². The second-order valence-electron chi connectivity index (χ2n) is 4.95. The molecule has 0 radical (unpaired) electrons. The van der Waals surface area contributed by atoms with Gasteiger partial charge in [0.2, 0.25) is 5.91 Å². The summed E-state index contributed by atoms with van der Waals surface area (Å²) in [5.41, 5.74) is 1.11. The standard InChI is InChI=1S/C16H20N2O2/c1-13(14-7-4-3-5-8-14)17-16(19)12-18(2)11-15-9-6-10-20-15/h3-10,13H,11-12H2,1-2H3,(H,17,19). The Hall–Kier alpha value is -2.07. The van der Waals surface area contributed by atoms with Gasteiger partial charge in [-0.3, -0.25) is 9.69 Å². The number of nitrogens with zero attached hydrogens (tertiary/aromatic N) is 1. The van der Waals surface area contributed by atoms with E-state index in [9.17, 15) is 4.79 Å². The molecule has 1 aromatic carbocycles. The quantitative estimate of drug-likeness (QED) is 0.879. The van der Waals surface area contributed by atoms with Crippen LogP contribution in [0.25, 0.3) is 0 Å². The molecule has 1 amide bonds. The molecule has 106 valence electrons. The van der Waals surface area contributed by atoms with E-state index >= 15 is 0 Å². The van der Waals surface area contributed by atoms with Gasteiger partial charge in [0, 0.05) is 0 Å². The van der Waals surface area contributed by atoms with Crippen molar-refractivity contribution in [2.24, 2.45) is 0 Å². The maximum Gasteiger partial charge on any atom is 0.234 e. The third-order valence-corrected chi connectivity index (χ3v) is 3.10. The minimum absolute atomic E-state index is 0.00964. The lowest BCUT2D eigenvalue weighted by Gasteiger charge is -2.18. The molecule has 1 heterocycles. The molecular weight excluding hydrogens is 252 g/mol. The zero-order valence-corrected chi connectivity index (χ0v) is 11.9. The van der Waals surface area contributed by atoms with E-state index in [4.69, 9.17) is 4.42 Å². The molecular formula is C16H20N2O2. The fraction of sp³-hybridized carbons (Fsp3) is 0.312. The van der Waals surface area contributed by atoms with Crippen LogP contribution in [0.5, 0.6) is 0 Å². The zero-order valence-electron chi connectivity index (χ0n) is 11.9. The van der Waals surface area contributed by atoms with Crippen LogP contribution in [-0.2, 0) is 11.3 Å². The number of benzene rings is 1. The van der Waals surface area contributed by atoms with Crippen LogP contribution in [0.1, 0.15) is 24.3 Å². The Kier molecular flexibility index (Phi) is 4.96. The van der Waals surface area contributed by atoms with Gasteiger partial charge < -0.3 is 9.73 Å². The van der Waals surface area contributed by atoms with Gasteiger partial charge in [-0.1, -0.05) is 30.3 Å². The smallest absolute Gasteiger partial charge is 0.234 e. The van der Waals surface area contributed by atoms with Gasteiger partial charge >= 0.3 is 0 Å². The average molecular weight is 272 g/mol. The summed E-state index contributed by atoms with van der Waals surface area (Å²) in [6.07, 6.45) is 1.64. The topological polar surface area (TPSA) is 45.5 Å². The van der Waals surface area contributed by atoms with Crippen molar-refractivity contribution < 1.29 is 9.21 Å². The van der Waals surface area contributed by atoms with Crippen molar-refractivity contribution in [3.05, 3.63) is 60.1 Å². The Bertz CT molecular complexity index is 523. The predicted octanol–water partition coefficient (Wildman–Crippen LogP) is 2.59. The predicted molar refractivity (Wildman–Crippen MR) is 78.0 cm³/mol. The molecule has 2 rings (SSSR count). The SMILES string of the molecule is CC(NC(=O)CN(C)Cc1ccco1)c1ccccc1. The summed E-state index contributed by atoms with van der Waals surface area (Å²) >= 11 is 0. The van der Waals surface area contributed by atoms with Gasteiger partial charge in [0.1, 0.15) is 5.76 Å². The summed E-state index contributed by atoms with van der Waals surface area (Å²) in [7, 11) is 1.90. The molecule has 1 aromatic heterocycles. The average Bonchev–Trinajstić information content (AvgIpc) is 2.92. The van der Waals surface area contributed by atoms with Crippen LogP contribution in [-0.4, -0.2) is 24.4 Å². The first-order chi connectivity index (χ1) is 9.65. The maximum atomic E-state index is 12.0. The lowest BCUT2D eigenvalue weighted by molar-refractivity contribution is -0.122. The molecule has 1 N–H and O–H groups in total. The first-order valence-corrected chi connectivity index (χ1v) is 6.70. The molecule has 4 heteroatoms. The van der Waals surface area contributed by atoms with E-state index in [-0.39, 0.29) is 11.9 Å². The number of carbonyl (C=O) groups excluding carboxylic acids is 1. The highest BCUT2D eigenvalue weighted by molar-refractivity contribution is 5.78. The summed E-state index contributed by atoms with van der Waals surface area (Å²) in [5, 5.41) is 3.00. The molecule has 0 aliphatic carbocycles. The Morgan fingerprint density at radius 1 is 1.25 bits per heavy atom. The number of rotatable bonds is 6. The van der Waals surface area contributed by atoms with Gasteiger partial charge in [-0.2, -0.15) is 0 Å². The van der Waals surface area contributed by atoms with Crippen LogP contribution in [0.2, 0.25) is 0 Å². The molecule has 4 nitrogen and oxygen atoms in total. The van der Waals surface area contributed by atoms with Crippen molar-refractivity contribution in [1.82, 2.24) is 10.2 Å². The van der Waals surface area contributed by atoms with Crippen molar-refractivity contribution in [1.29, 1.82) is 0 Å². The minimum atomic E-state index is 0.00964. The molecule has 0 aliphatic rings. The minimum Gasteiger partial charge on any atom is -0.468 e. The molecule has 1 atom stereocenters. The molecule has 2 aromatic rings. The van der Waals surface area contributed by atoms with E-state index < -0.39 is 0 Å². The number of hydrogen-bond donors (Lipinski definition) is 1. The second kappa shape index (κ2) is 6.91. The van der Waals surface area contributed by atoms with Crippen LogP contribution < -0.4 is 5.32 Å². The number of amides is 1. The highest BCUT2D eigenvalue weighted by Crippen LogP contribution is 2.11. The van der Waals surface area contributed by atoms with Crippen molar-refractivity contribution in [3.63, 3.8) is 0 Å². The monoisotopic (exact) mass is 272 g/mol. The Morgan fingerprint density at radius 2 is 2.00 bits per heavy atom. The highest BCUT2D eigenvalue weighted by atomic mass is 16.3. The molecule has 0 saturated heterocycles. The Morgan fingerprint density at radius 3 is 2.65 bits per heavy atom. The Labute approximate surface area is 119 Å². The second-order valence-corrected chi connectivity index (χ2v) is 4.95.